The van der Waals surface area contributed by atoms with Gasteiger partial charge in [-0.05, 0) is 61.2 Å². The highest BCUT2D eigenvalue weighted by atomic mass is 19.1. The van der Waals surface area contributed by atoms with Crippen molar-refractivity contribution in [1.29, 1.82) is 0 Å². The van der Waals surface area contributed by atoms with Gasteiger partial charge >= 0.3 is 5.97 Å². The minimum absolute atomic E-state index is 0.163. The molecule has 0 saturated carbocycles. The number of carbonyl (C=O) groups is 2. The zero-order chi connectivity index (χ0) is 18.7. The van der Waals surface area contributed by atoms with E-state index in [4.69, 9.17) is 0 Å². The summed E-state index contributed by atoms with van der Waals surface area (Å²) >= 11 is 0. The maximum absolute atomic E-state index is 13.0. The van der Waals surface area contributed by atoms with Crippen molar-refractivity contribution in [2.45, 2.75) is 19.8 Å². The highest BCUT2D eigenvalue weighted by molar-refractivity contribution is 6.05. The third-order valence-corrected chi connectivity index (χ3v) is 4.72. The maximum Gasteiger partial charge on any atom is 0.337 e. The molecule has 0 radical (unpaired) electrons. The topological polar surface area (TPSA) is 69.6 Å². The van der Waals surface area contributed by atoms with Crippen LogP contribution in [0, 0.1) is 11.7 Å². The molecule has 1 aliphatic heterocycles. The van der Waals surface area contributed by atoms with Crippen LogP contribution >= 0.6 is 0 Å². The van der Waals surface area contributed by atoms with E-state index in [-0.39, 0.29) is 5.56 Å². The van der Waals surface area contributed by atoms with Crippen LogP contribution in [-0.2, 0) is 0 Å². The second kappa shape index (κ2) is 7.56. The van der Waals surface area contributed by atoms with Gasteiger partial charge in [0.15, 0.2) is 0 Å². The van der Waals surface area contributed by atoms with E-state index in [1.165, 1.54) is 30.3 Å². The average molecular weight is 356 g/mol. The van der Waals surface area contributed by atoms with Gasteiger partial charge in [-0.25, -0.2) is 9.18 Å². The fourth-order valence-corrected chi connectivity index (χ4v) is 3.11. The van der Waals surface area contributed by atoms with Crippen molar-refractivity contribution in [3.63, 3.8) is 0 Å². The number of piperidine rings is 1. The number of hydrogen-bond acceptors (Lipinski definition) is 3. The van der Waals surface area contributed by atoms with Gasteiger partial charge < -0.3 is 15.3 Å². The van der Waals surface area contributed by atoms with Crippen molar-refractivity contribution in [2.24, 2.45) is 5.92 Å². The number of anilines is 2. The molecule has 0 bridgehead atoms. The zero-order valence-electron chi connectivity index (χ0n) is 14.5. The lowest BCUT2D eigenvalue weighted by Crippen LogP contribution is -2.33. The first-order chi connectivity index (χ1) is 12.4. The number of aromatic carboxylic acids is 1. The summed E-state index contributed by atoms with van der Waals surface area (Å²) in [5, 5.41) is 12.2. The summed E-state index contributed by atoms with van der Waals surface area (Å²) in [5.41, 5.74) is 1.53. The molecule has 136 valence electrons. The fraction of sp³-hybridized carbons (Fsp3) is 0.300. The second-order valence-electron chi connectivity index (χ2n) is 6.67. The number of rotatable bonds is 4. The summed E-state index contributed by atoms with van der Waals surface area (Å²) in [5.74, 6) is -1.22. The van der Waals surface area contributed by atoms with Gasteiger partial charge in [0.05, 0.1) is 11.3 Å². The Hall–Kier alpha value is -2.89. The first-order valence-electron chi connectivity index (χ1n) is 8.63. The number of halogens is 1. The Morgan fingerprint density at radius 1 is 1.12 bits per heavy atom. The lowest BCUT2D eigenvalue weighted by molar-refractivity contribution is 0.0697. The zero-order valence-corrected chi connectivity index (χ0v) is 14.5. The number of nitrogens with one attached hydrogen (secondary N) is 1. The number of benzene rings is 2. The molecular weight excluding hydrogens is 335 g/mol. The molecule has 0 spiro atoms. The smallest absolute Gasteiger partial charge is 0.337 e. The van der Waals surface area contributed by atoms with Gasteiger partial charge in [-0.3, -0.25) is 4.79 Å². The van der Waals surface area contributed by atoms with Crippen LogP contribution in [0.15, 0.2) is 42.5 Å². The molecule has 0 atom stereocenters. The molecule has 1 aliphatic rings. The Morgan fingerprint density at radius 2 is 1.77 bits per heavy atom. The highest BCUT2D eigenvalue weighted by Gasteiger charge is 2.21. The van der Waals surface area contributed by atoms with Crippen LogP contribution in [0.3, 0.4) is 0 Å². The molecule has 1 heterocycles. The number of nitrogens with zero attached hydrogens (tertiary/aromatic N) is 1. The quantitative estimate of drug-likeness (QED) is 0.868. The predicted octanol–water partition coefficient (Wildman–Crippen LogP) is 4.01. The standard InChI is InChI=1S/C20H21FN2O3/c1-13-8-10-23(11-9-13)18-7-6-16(12-17(18)20(25)26)22-19(24)14-2-4-15(21)5-3-14/h2-7,12-13H,8-11H2,1H3,(H,22,24)(H,25,26). The van der Waals surface area contributed by atoms with Crippen LogP contribution in [0.25, 0.3) is 0 Å². The molecule has 2 N–H and O–H groups in total. The monoisotopic (exact) mass is 356 g/mol. The number of amides is 1. The van der Waals surface area contributed by atoms with E-state index >= 15 is 0 Å². The number of hydrogen-bond donors (Lipinski definition) is 2. The Bertz CT molecular complexity index is 812. The molecule has 3 rings (SSSR count). The van der Waals surface area contributed by atoms with Crippen LogP contribution in [0.1, 0.15) is 40.5 Å². The fourth-order valence-electron chi connectivity index (χ4n) is 3.11. The van der Waals surface area contributed by atoms with Crippen molar-refractivity contribution in [1.82, 2.24) is 0 Å². The number of carboxylic acids is 1. The Morgan fingerprint density at radius 3 is 2.38 bits per heavy atom. The van der Waals surface area contributed by atoms with Crippen LogP contribution in [-0.4, -0.2) is 30.1 Å². The Balaban J connectivity index is 1.81. The van der Waals surface area contributed by atoms with E-state index in [0.717, 1.165) is 25.9 Å². The number of carboxylic acid groups (broad SMARTS) is 1. The third kappa shape index (κ3) is 4.02. The molecule has 0 aliphatic carbocycles. The Labute approximate surface area is 151 Å². The van der Waals surface area contributed by atoms with Gasteiger partial charge in [-0.2, -0.15) is 0 Å². The molecule has 6 heteroatoms. The van der Waals surface area contributed by atoms with Gasteiger partial charge in [-0.1, -0.05) is 6.92 Å². The van der Waals surface area contributed by atoms with Crippen LogP contribution in [0.2, 0.25) is 0 Å². The lowest BCUT2D eigenvalue weighted by Gasteiger charge is -2.33. The largest absolute Gasteiger partial charge is 0.478 e. The van der Waals surface area contributed by atoms with Crippen LogP contribution < -0.4 is 10.2 Å². The summed E-state index contributed by atoms with van der Waals surface area (Å²) in [7, 11) is 0. The molecule has 0 unspecified atom stereocenters. The molecule has 0 aromatic heterocycles. The summed E-state index contributed by atoms with van der Waals surface area (Å²) < 4.78 is 13.0. The minimum atomic E-state index is -1.03. The first-order valence-corrected chi connectivity index (χ1v) is 8.63. The van der Waals surface area contributed by atoms with Crippen molar-refractivity contribution in [2.75, 3.05) is 23.3 Å². The van der Waals surface area contributed by atoms with Gasteiger partial charge in [0, 0.05) is 24.3 Å². The lowest BCUT2D eigenvalue weighted by atomic mass is 9.98. The molecule has 1 fully saturated rings. The summed E-state index contributed by atoms with van der Waals surface area (Å²) in [4.78, 5) is 26.0. The summed E-state index contributed by atoms with van der Waals surface area (Å²) in [6.07, 6.45) is 2.06. The maximum atomic E-state index is 13.0. The predicted molar refractivity (Wildman–Crippen MR) is 98.4 cm³/mol. The van der Waals surface area contributed by atoms with E-state index in [1.54, 1.807) is 12.1 Å². The van der Waals surface area contributed by atoms with E-state index in [1.807, 2.05) is 0 Å². The van der Waals surface area contributed by atoms with E-state index in [2.05, 4.69) is 17.1 Å². The van der Waals surface area contributed by atoms with Gasteiger partial charge in [0.25, 0.3) is 5.91 Å². The van der Waals surface area contributed by atoms with Crippen molar-refractivity contribution < 1.29 is 19.1 Å². The van der Waals surface area contributed by atoms with Crippen LogP contribution in [0.5, 0.6) is 0 Å². The van der Waals surface area contributed by atoms with E-state index in [9.17, 15) is 19.1 Å². The van der Waals surface area contributed by atoms with Gasteiger partial charge in [0.1, 0.15) is 5.82 Å². The molecule has 5 nitrogen and oxygen atoms in total. The third-order valence-electron chi connectivity index (χ3n) is 4.72. The summed E-state index contributed by atoms with van der Waals surface area (Å²) in [6, 6.07) is 10.1. The van der Waals surface area contributed by atoms with Crippen LogP contribution in [0.4, 0.5) is 15.8 Å². The first kappa shape index (κ1) is 17.9. The van der Waals surface area contributed by atoms with Crippen molar-refractivity contribution >= 4 is 23.3 Å². The van der Waals surface area contributed by atoms with Crippen molar-refractivity contribution in [3.05, 3.63) is 59.4 Å². The minimum Gasteiger partial charge on any atom is -0.478 e. The van der Waals surface area contributed by atoms with E-state index in [0.29, 0.717) is 22.9 Å². The molecule has 26 heavy (non-hydrogen) atoms. The second-order valence-corrected chi connectivity index (χ2v) is 6.67. The highest BCUT2D eigenvalue weighted by Crippen LogP contribution is 2.28. The van der Waals surface area contributed by atoms with Gasteiger partial charge in [0.2, 0.25) is 0 Å². The Kier molecular flexibility index (Phi) is 5.21. The normalized spacial score (nSPS) is 14.9. The molecule has 2 aromatic carbocycles. The van der Waals surface area contributed by atoms with Gasteiger partial charge in [-0.15, -0.1) is 0 Å². The SMILES string of the molecule is CC1CCN(c2ccc(NC(=O)c3ccc(F)cc3)cc2C(=O)O)CC1. The number of carbonyl (C=O) groups excluding carboxylic acids is 1. The molecule has 1 saturated heterocycles. The molecule has 1 amide bonds. The van der Waals surface area contributed by atoms with Crippen molar-refractivity contribution in [3.8, 4) is 0 Å². The summed E-state index contributed by atoms with van der Waals surface area (Å²) in [6.45, 7) is 3.84. The molecule has 2 aromatic rings. The molecular formula is C20H21FN2O3. The van der Waals surface area contributed by atoms with E-state index < -0.39 is 17.7 Å². The average Bonchev–Trinajstić information content (AvgIpc) is 2.63.